The van der Waals surface area contributed by atoms with Crippen LogP contribution in [0.2, 0.25) is 0 Å². The zero-order valence-electron chi connectivity index (χ0n) is 10.7. The number of terminal acetylenes is 1. The summed E-state index contributed by atoms with van der Waals surface area (Å²) in [4.78, 5) is 12.2. The molecule has 0 saturated carbocycles. The topological polar surface area (TPSA) is 22.0 Å². The van der Waals surface area contributed by atoms with E-state index in [4.69, 9.17) is 6.42 Å². The molecule has 0 unspecified atom stereocenters. The van der Waals surface area contributed by atoms with Crippen LogP contribution in [0.5, 0.6) is 0 Å². The largest absolute Gasteiger partial charge is 0.309 e. The maximum atomic E-state index is 12.2. The molecule has 1 aromatic rings. The average Bonchev–Trinajstić information content (AvgIpc) is 2.16. The van der Waals surface area contributed by atoms with Crippen LogP contribution in [0.3, 0.4) is 0 Å². The number of aromatic nitrogens is 1. The highest BCUT2D eigenvalue weighted by Crippen LogP contribution is 2.19. The first kappa shape index (κ1) is 12.6. The van der Waals surface area contributed by atoms with E-state index in [1.165, 1.54) is 0 Å². The van der Waals surface area contributed by atoms with E-state index in [1.54, 1.807) is 4.57 Å². The van der Waals surface area contributed by atoms with Gasteiger partial charge in [0.05, 0.1) is 5.56 Å². The van der Waals surface area contributed by atoms with Crippen molar-refractivity contribution in [2.75, 3.05) is 0 Å². The van der Waals surface area contributed by atoms with Gasteiger partial charge in [-0.05, 0) is 38.3 Å². The quantitative estimate of drug-likeness (QED) is 0.698. The first-order valence-electron chi connectivity index (χ1n) is 5.62. The first-order valence-corrected chi connectivity index (χ1v) is 5.62. The van der Waals surface area contributed by atoms with Gasteiger partial charge in [-0.25, -0.2) is 0 Å². The summed E-state index contributed by atoms with van der Waals surface area (Å²) < 4.78 is 1.75. The molecule has 0 aliphatic rings. The fourth-order valence-electron chi connectivity index (χ4n) is 2.01. The van der Waals surface area contributed by atoms with Gasteiger partial charge in [0.15, 0.2) is 0 Å². The smallest absolute Gasteiger partial charge is 0.267 e. The second kappa shape index (κ2) is 4.57. The lowest BCUT2D eigenvalue weighted by Crippen LogP contribution is -2.27. The Morgan fingerprint density at radius 1 is 1.31 bits per heavy atom. The minimum absolute atomic E-state index is 0.0406. The summed E-state index contributed by atoms with van der Waals surface area (Å²) in [7, 11) is 0. The van der Waals surface area contributed by atoms with Crippen molar-refractivity contribution in [2.24, 2.45) is 0 Å². The van der Waals surface area contributed by atoms with Crippen LogP contribution < -0.4 is 5.56 Å². The molecule has 1 aromatic heterocycles. The molecule has 1 heterocycles. The Bertz CT molecular complexity index is 487. The zero-order chi connectivity index (χ0) is 12.5. The number of nitrogens with zero attached hydrogens (tertiary/aromatic N) is 1. The number of aryl methyl sites for hydroxylation is 1. The van der Waals surface area contributed by atoms with Crippen molar-refractivity contribution in [3.63, 3.8) is 0 Å². The van der Waals surface area contributed by atoms with E-state index in [2.05, 4.69) is 19.8 Å². The Morgan fingerprint density at radius 3 is 2.25 bits per heavy atom. The predicted molar refractivity (Wildman–Crippen MR) is 67.8 cm³/mol. The second-order valence-corrected chi connectivity index (χ2v) is 4.68. The van der Waals surface area contributed by atoms with Crippen LogP contribution >= 0.6 is 0 Å². The van der Waals surface area contributed by atoms with Crippen molar-refractivity contribution >= 4 is 0 Å². The SMILES string of the molecule is C#Cc1c(C(C)C)cc(C)n(C(C)C)c1=O. The van der Waals surface area contributed by atoms with Crippen molar-refractivity contribution in [2.45, 2.75) is 46.6 Å². The van der Waals surface area contributed by atoms with Crippen molar-refractivity contribution in [1.29, 1.82) is 0 Å². The molecule has 0 aromatic carbocycles. The normalized spacial score (nSPS) is 10.9. The third kappa shape index (κ3) is 2.04. The molecule has 0 amide bonds. The van der Waals surface area contributed by atoms with E-state index < -0.39 is 0 Å². The van der Waals surface area contributed by atoms with Gasteiger partial charge in [-0.3, -0.25) is 4.79 Å². The highest BCUT2D eigenvalue weighted by Gasteiger charge is 2.14. The fraction of sp³-hybridized carbons (Fsp3) is 0.500. The van der Waals surface area contributed by atoms with E-state index in [1.807, 2.05) is 26.8 Å². The summed E-state index contributed by atoms with van der Waals surface area (Å²) in [5.74, 6) is 2.81. The van der Waals surface area contributed by atoms with Crippen LogP contribution in [0.25, 0.3) is 0 Å². The second-order valence-electron chi connectivity index (χ2n) is 4.68. The average molecular weight is 217 g/mol. The van der Waals surface area contributed by atoms with Crippen molar-refractivity contribution in [1.82, 2.24) is 4.57 Å². The highest BCUT2D eigenvalue weighted by atomic mass is 16.1. The molecule has 16 heavy (non-hydrogen) atoms. The highest BCUT2D eigenvalue weighted by molar-refractivity contribution is 5.41. The standard InChI is InChI=1S/C14H19NO/c1-7-12-13(9(2)3)8-11(6)15(10(4)5)14(12)16/h1,8-10H,2-6H3. The maximum Gasteiger partial charge on any atom is 0.267 e. The first-order chi connectivity index (χ1) is 7.40. The Kier molecular flexibility index (Phi) is 3.59. The summed E-state index contributed by atoms with van der Waals surface area (Å²) >= 11 is 0. The van der Waals surface area contributed by atoms with Gasteiger partial charge in [-0.15, -0.1) is 6.42 Å². The van der Waals surface area contributed by atoms with Crippen LogP contribution in [-0.2, 0) is 0 Å². The van der Waals surface area contributed by atoms with Crippen molar-refractivity contribution < 1.29 is 0 Å². The molecule has 1 rings (SSSR count). The zero-order valence-corrected chi connectivity index (χ0v) is 10.7. The molecule has 86 valence electrons. The molecule has 0 fully saturated rings. The van der Waals surface area contributed by atoms with Crippen LogP contribution in [0, 0.1) is 19.3 Å². The molecule has 2 heteroatoms. The van der Waals surface area contributed by atoms with Gasteiger partial charge < -0.3 is 4.57 Å². The van der Waals surface area contributed by atoms with Gasteiger partial charge in [-0.1, -0.05) is 19.8 Å². The lowest BCUT2D eigenvalue weighted by atomic mass is 9.98. The number of rotatable bonds is 2. The molecule has 0 saturated heterocycles. The summed E-state index contributed by atoms with van der Waals surface area (Å²) in [6.45, 7) is 10.0. The van der Waals surface area contributed by atoms with Crippen LogP contribution in [0.1, 0.15) is 56.5 Å². The fourth-order valence-corrected chi connectivity index (χ4v) is 2.01. The van der Waals surface area contributed by atoms with E-state index >= 15 is 0 Å². The van der Waals surface area contributed by atoms with Crippen LogP contribution in [0.15, 0.2) is 10.9 Å². The molecule has 2 nitrogen and oxygen atoms in total. The van der Waals surface area contributed by atoms with Gasteiger partial charge in [0.1, 0.15) is 0 Å². The summed E-state index contributed by atoms with van der Waals surface area (Å²) in [6, 6.07) is 2.17. The molecular formula is C14H19NO. The number of hydrogen-bond acceptors (Lipinski definition) is 1. The third-order valence-electron chi connectivity index (χ3n) is 2.75. The Labute approximate surface area is 97.3 Å². The minimum Gasteiger partial charge on any atom is -0.309 e. The molecule has 0 N–H and O–H groups in total. The van der Waals surface area contributed by atoms with E-state index in [0.717, 1.165) is 11.3 Å². The van der Waals surface area contributed by atoms with Gasteiger partial charge in [0.25, 0.3) is 5.56 Å². The Morgan fingerprint density at radius 2 is 1.88 bits per heavy atom. The van der Waals surface area contributed by atoms with Crippen molar-refractivity contribution in [3.8, 4) is 12.3 Å². The van der Waals surface area contributed by atoms with E-state index in [0.29, 0.717) is 5.56 Å². The molecule has 0 aliphatic carbocycles. The molecular weight excluding hydrogens is 198 g/mol. The van der Waals surface area contributed by atoms with E-state index in [9.17, 15) is 4.79 Å². The number of pyridine rings is 1. The van der Waals surface area contributed by atoms with Crippen molar-refractivity contribution in [3.05, 3.63) is 33.2 Å². The van der Waals surface area contributed by atoms with Gasteiger partial charge in [0, 0.05) is 11.7 Å². The summed E-state index contributed by atoms with van der Waals surface area (Å²) in [5, 5.41) is 0. The van der Waals surface area contributed by atoms with Crippen LogP contribution in [0.4, 0.5) is 0 Å². The molecule has 0 spiro atoms. The monoisotopic (exact) mass is 217 g/mol. The number of hydrogen-bond donors (Lipinski definition) is 0. The lowest BCUT2D eigenvalue weighted by Gasteiger charge is -2.18. The van der Waals surface area contributed by atoms with Gasteiger partial charge >= 0.3 is 0 Å². The maximum absolute atomic E-state index is 12.2. The van der Waals surface area contributed by atoms with E-state index in [-0.39, 0.29) is 17.5 Å². The summed E-state index contributed by atoms with van der Waals surface area (Å²) in [6.07, 6.45) is 5.45. The third-order valence-corrected chi connectivity index (χ3v) is 2.75. The lowest BCUT2D eigenvalue weighted by molar-refractivity contribution is 0.558. The molecule has 0 bridgehead atoms. The van der Waals surface area contributed by atoms with Gasteiger partial charge in [-0.2, -0.15) is 0 Å². The molecule has 0 aliphatic heterocycles. The molecule has 0 atom stereocenters. The molecule has 0 radical (unpaired) electrons. The Balaban J connectivity index is 3.65. The summed E-state index contributed by atoms with van der Waals surface area (Å²) in [5.41, 5.74) is 2.42. The Hall–Kier alpha value is -1.49. The van der Waals surface area contributed by atoms with Crippen LogP contribution in [-0.4, -0.2) is 4.57 Å². The minimum atomic E-state index is -0.0406. The predicted octanol–water partition coefficient (Wildman–Crippen LogP) is 2.84. The van der Waals surface area contributed by atoms with Gasteiger partial charge in [0.2, 0.25) is 0 Å².